The first kappa shape index (κ1) is 15.8. The van der Waals surface area contributed by atoms with Gasteiger partial charge in [-0.2, -0.15) is 0 Å². The predicted molar refractivity (Wildman–Crippen MR) is 85.6 cm³/mol. The van der Waals surface area contributed by atoms with E-state index < -0.39 is 5.54 Å². The van der Waals surface area contributed by atoms with Gasteiger partial charge < -0.3 is 19.8 Å². The fourth-order valence-corrected chi connectivity index (χ4v) is 3.04. The van der Waals surface area contributed by atoms with Crippen molar-refractivity contribution in [3.05, 3.63) is 47.0 Å². The number of rotatable bonds is 5. The van der Waals surface area contributed by atoms with Gasteiger partial charge in [-0.25, -0.2) is 4.98 Å². The molecular formula is C16H18ClN3O3. The van der Waals surface area contributed by atoms with E-state index in [0.717, 1.165) is 0 Å². The first-order chi connectivity index (χ1) is 11.1. The van der Waals surface area contributed by atoms with Crippen molar-refractivity contribution in [2.45, 2.75) is 18.4 Å². The maximum Gasteiger partial charge on any atom is 0.225 e. The Morgan fingerprint density at radius 2 is 2.43 bits per heavy atom. The molecule has 3 rings (SSSR count). The van der Waals surface area contributed by atoms with Crippen LogP contribution in [-0.4, -0.2) is 36.2 Å². The number of halogens is 1. The van der Waals surface area contributed by atoms with E-state index in [9.17, 15) is 4.79 Å². The first-order valence-corrected chi connectivity index (χ1v) is 7.72. The van der Waals surface area contributed by atoms with Crippen LogP contribution in [0.1, 0.15) is 17.8 Å². The maximum atomic E-state index is 12.6. The molecule has 1 fully saturated rings. The van der Waals surface area contributed by atoms with E-state index in [2.05, 4.69) is 15.3 Å². The molecule has 0 saturated carbocycles. The Hall–Kier alpha value is -2.05. The third-order valence-electron chi connectivity index (χ3n) is 3.98. The fourth-order valence-electron chi connectivity index (χ4n) is 2.81. The number of benzene rings is 1. The number of H-pyrrole nitrogens is 1. The quantitative estimate of drug-likeness (QED) is 0.876. The van der Waals surface area contributed by atoms with E-state index in [0.29, 0.717) is 41.8 Å². The van der Waals surface area contributed by atoms with Gasteiger partial charge in [-0.1, -0.05) is 17.7 Å². The van der Waals surface area contributed by atoms with Gasteiger partial charge in [-0.3, -0.25) is 4.79 Å². The van der Waals surface area contributed by atoms with E-state index in [1.807, 2.05) is 0 Å². The summed E-state index contributed by atoms with van der Waals surface area (Å²) in [7, 11) is 1.56. The van der Waals surface area contributed by atoms with E-state index in [1.165, 1.54) is 0 Å². The number of nitrogens with one attached hydrogen (secondary N) is 2. The van der Waals surface area contributed by atoms with Crippen LogP contribution in [0.15, 0.2) is 30.6 Å². The Bertz CT molecular complexity index is 682. The predicted octanol–water partition coefficient (Wildman–Crippen LogP) is 2.05. The highest BCUT2D eigenvalue weighted by molar-refractivity contribution is 6.31. The standard InChI is InChI=1S/C16H18ClN3O3/c1-22-13-4-2-3-12(17)11(13)9-14(21)20-16(5-8-23-10-16)15-18-6-7-19-15/h2-4,6-7H,5,8-10H2,1H3,(H,18,19)(H,20,21). The minimum Gasteiger partial charge on any atom is -0.496 e. The molecule has 7 heteroatoms. The average Bonchev–Trinajstić information content (AvgIpc) is 3.21. The Morgan fingerprint density at radius 1 is 1.57 bits per heavy atom. The van der Waals surface area contributed by atoms with Crippen molar-refractivity contribution in [1.29, 1.82) is 0 Å². The molecule has 1 saturated heterocycles. The second-order valence-electron chi connectivity index (χ2n) is 5.47. The van der Waals surface area contributed by atoms with Crippen LogP contribution < -0.4 is 10.1 Å². The van der Waals surface area contributed by atoms with Gasteiger partial charge in [0.05, 0.1) is 20.1 Å². The Labute approximate surface area is 139 Å². The molecule has 6 nitrogen and oxygen atoms in total. The molecule has 1 amide bonds. The lowest BCUT2D eigenvalue weighted by Crippen LogP contribution is -2.47. The zero-order valence-electron chi connectivity index (χ0n) is 12.8. The number of carbonyl (C=O) groups excluding carboxylic acids is 1. The minimum absolute atomic E-state index is 0.130. The number of imidazole rings is 1. The number of carbonyl (C=O) groups is 1. The van der Waals surface area contributed by atoms with Gasteiger partial charge in [0.25, 0.3) is 0 Å². The van der Waals surface area contributed by atoms with Crippen LogP contribution in [0.5, 0.6) is 5.75 Å². The van der Waals surface area contributed by atoms with Crippen LogP contribution in [0.4, 0.5) is 0 Å². The monoisotopic (exact) mass is 335 g/mol. The van der Waals surface area contributed by atoms with Crippen molar-refractivity contribution in [1.82, 2.24) is 15.3 Å². The number of nitrogens with zero attached hydrogens (tertiary/aromatic N) is 1. The molecule has 0 aliphatic carbocycles. The first-order valence-electron chi connectivity index (χ1n) is 7.34. The van der Waals surface area contributed by atoms with E-state index >= 15 is 0 Å². The molecule has 1 aliphatic rings. The summed E-state index contributed by atoms with van der Waals surface area (Å²) < 4.78 is 10.8. The molecule has 1 unspecified atom stereocenters. The van der Waals surface area contributed by atoms with Crippen molar-refractivity contribution < 1.29 is 14.3 Å². The van der Waals surface area contributed by atoms with Crippen molar-refractivity contribution in [3.8, 4) is 5.75 Å². The Morgan fingerprint density at radius 3 is 3.09 bits per heavy atom. The Kier molecular flexibility index (Phi) is 4.54. The SMILES string of the molecule is COc1cccc(Cl)c1CC(=O)NC1(c2ncc[nH]2)CCOC1. The van der Waals surface area contributed by atoms with Gasteiger partial charge in [0.1, 0.15) is 17.1 Å². The highest BCUT2D eigenvalue weighted by atomic mass is 35.5. The van der Waals surface area contributed by atoms with Crippen LogP contribution in [0, 0.1) is 0 Å². The molecule has 2 N–H and O–H groups in total. The fraction of sp³-hybridized carbons (Fsp3) is 0.375. The van der Waals surface area contributed by atoms with Crippen molar-refractivity contribution in [2.24, 2.45) is 0 Å². The van der Waals surface area contributed by atoms with Crippen LogP contribution in [0.25, 0.3) is 0 Å². The number of methoxy groups -OCH3 is 1. The summed E-state index contributed by atoms with van der Waals surface area (Å²) >= 11 is 6.20. The summed E-state index contributed by atoms with van der Waals surface area (Å²) in [5.41, 5.74) is 0.0531. The summed E-state index contributed by atoms with van der Waals surface area (Å²) in [6.07, 6.45) is 4.20. The number of ether oxygens (including phenoxy) is 2. The lowest BCUT2D eigenvalue weighted by atomic mass is 9.97. The molecule has 0 radical (unpaired) electrons. The molecule has 0 bridgehead atoms. The molecule has 1 aromatic carbocycles. The van der Waals surface area contributed by atoms with Crippen LogP contribution in [0.2, 0.25) is 5.02 Å². The lowest BCUT2D eigenvalue weighted by Gasteiger charge is -2.27. The molecule has 1 atom stereocenters. The molecule has 122 valence electrons. The smallest absolute Gasteiger partial charge is 0.225 e. The zero-order valence-corrected chi connectivity index (χ0v) is 13.5. The third-order valence-corrected chi connectivity index (χ3v) is 4.34. The number of hydrogen-bond acceptors (Lipinski definition) is 4. The molecule has 1 aliphatic heterocycles. The van der Waals surface area contributed by atoms with Gasteiger partial charge in [-0.05, 0) is 12.1 Å². The normalized spacial score (nSPS) is 20.4. The molecule has 0 spiro atoms. The number of aromatic nitrogens is 2. The van der Waals surface area contributed by atoms with Crippen molar-refractivity contribution in [3.63, 3.8) is 0 Å². The van der Waals surface area contributed by atoms with Gasteiger partial charge >= 0.3 is 0 Å². The summed E-state index contributed by atoms with van der Waals surface area (Å²) in [5, 5.41) is 3.56. The summed E-state index contributed by atoms with van der Waals surface area (Å²) in [6.45, 7) is 0.975. The summed E-state index contributed by atoms with van der Waals surface area (Å²) in [4.78, 5) is 19.9. The minimum atomic E-state index is -0.616. The van der Waals surface area contributed by atoms with Gasteiger partial charge in [0, 0.05) is 36.0 Å². The van der Waals surface area contributed by atoms with E-state index in [-0.39, 0.29) is 12.3 Å². The molecule has 1 aromatic heterocycles. The highest BCUT2D eigenvalue weighted by Crippen LogP contribution is 2.30. The Balaban J connectivity index is 1.79. The van der Waals surface area contributed by atoms with E-state index in [1.54, 1.807) is 37.7 Å². The molecule has 2 heterocycles. The van der Waals surface area contributed by atoms with Gasteiger partial charge in [0.2, 0.25) is 5.91 Å². The lowest BCUT2D eigenvalue weighted by molar-refractivity contribution is -0.122. The second kappa shape index (κ2) is 6.60. The van der Waals surface area contributed by atoms with Crippen LogP contribution in [-0.2, 0) is 21.5 Å². The number of amides is 1. The molecule has 2 aromatic rings. The topological polar surface area (TPSA) is 76.2 Å². The molecule has 23 heavy (non-hydrogen) atoms. The van der Waals surface area contributed by atoms with Crippen LogP contribution in [0.3, 0.4) is 0 Å². The maximum absolute atomic E-state index is 12.6. The summed E-state index contributed by atoms with van der Waals surface area (Å²) in [6, 6.07) is 5.32. The largest absolute Gasteiger partial charge is 0.496 e. The molecular weight excluding hydrogens is 318 g/mol. The summed E-state index contributed by atoms with van der Waals surface area (Å²) in [5.74, 6) is 1.15. The average molecular weight is 336 g/mol. The number of hydrogen-bond donors (Lipinski definition) is 2. The van der Waals surface area contributed by atoms with Gasteiger partial charge in [0.15, 0.2) is 0 Å². The highest BCUT2D eigenvalue weighted by Gasteiger charge is 2.40. The van der Waals surface area contributed by atoms with Crippen LogP contribution >= 0.6 is 11.6 Å². The van der Waals surface area contributed by atoms with Crippen molar-refractivity contribution in [2.75, 3.05) is 20.3 Å². The van der Waals surface area contributed by atoms with Crippen molar-refractivity contribution >= 4 is 17.5 Å². The zero-order chi connectivity index (χ0) is 16.3. The van der Waals surface area contributed by atoms with Gasteiger partial charge in [-0.15, -0.1) is 0 Å². The number of aromatic amines is 1. The third kappa shape index (κ3) is 3.18. The second-order valence-corrected chi connectivity index (χ2v) is 5.88. The van der Waals surface area contributed by atoms with E-state index in [4.69, 9.17) is 21.1 Å².